The summed E-state index contributed by atoms with van der Waals surface area (Å²) in [5.74, 6) is -0.521. The van der Waals surface area contributed by atoms with E-state index in [1.807, 2.05) is 0 Å². The van der Waals surface area contributed by atoms with Gasteiger partial charge in [-0.15, -0.1) is 0 Å². The summed E-state index contributed by atoms with van der Waals surface area (Å²) in [5, 5.41) is 0. The monoisotopic (exact) mass is 220 g/mol. The van der Waals surface area contributed by atoms with Crippen molar-refractivity contribution in [2.75, 3.05) is 7.11 Å². The van der Waals surface area contributed by atoms with Crippen molar-refractivity contribution >= 4 is 17.1 Å². The van der Waals surface area contributed by atoms with E-state index in [0.29, 0.717) is 0 Å². The van der Waals surface area contributed by atoms with E-state index in [-0.39, 0.29) is 17.7 Å². The number of rotatable bonds is 2. The molecule has 0 aliphatic carbocycles. The van der Waals surface area contributed by atoms with Crippen molar-refractivity contribution < 1.29 is 9.53 Å². The minimum Gasteiger partial charge on any atom is -0.468 e. The van der Waals surface area contributed by atoms with Crippen molar-refractivity contribution in [1.29, 1.82) is 0 Å². The molecule has 0 amide bonds. The summed E-state index contributed by atoms with van der Waals surface area (Å²) in [4.78, 5) is 34.5. The molecule has 2 rings (SSSR count). The molecule has 0 spiro atoms. The molecule has 2 aromatic heterocycles. The first-order valence-corrected chi connectivity index (χ1v) is 4.45. The van der Waals surface area contributed by atoms with Crippen LogP contribution < -0.4 is 5.56 Å². The number of ether oxygens (including phenoxy) is 1. The standard InChI is InChI=1S/C9H8N4O3/c1-16-6(14)4-13-5-12-8-7(9(13)15)10-2-3-11-8/h2-3,5H,4H2,1H3. The van der Waals surface area contributed by atoms with Crippen LogP contribution in [0.5, 0.6) is 0 Å². The summed E-state index contributed by atoms with van der Waals surface area (Å²) in [5.41, 5.74) is -0.0222. The van der Waals surface area contributed by atoms with Gasteiger partial charge in [-0.25, -0.2) is 15.0 Å². The smallest absolute Gasteiger partial charge is 0.325 e. The van der Waals surface area contributed by atoms with E-state index in [9.17, 15) is 9.59 Å². The van der Waals surface area contributed by atoms with Crippen molar-refractivity contribution in [3.05, 3.63) is 29.1 Å². The second kappa shape index (κ2) is 4.05. The Morgan fingerprint density at radius 1 is 1.38 bits per heavy atom. The van der Waals surface area contributed by atoms with Crippen molar-refractivity contribution in [3.63, 3.8) is 0 Å². The third-order valence-corrected chi connectivity index (χ3v) is 1.99. The highest BCUT2D eigenvalue weighted by atomic mass is 16.5. The highest BCUT2D eigenvalue weighted by Gasteiger charge is 2.08. The topological polar surface area (TPSA) is 87.0 Å². The maximum absolute atomic E-state index is 11.8. The van der Waals surface area contributed by atoms with Crippen LogP contribution >= 0.6 is 0 Å². The number of carbonyl (C=O) groups is 1. The minimum absolute atomic E-state index is 0.133. The van der Waals surface area contributed by atoms with Gasteiger partial charge in [0.2, 0.25) is 0 Å². The SMILES string of the molecule is COC(=O)Cn1cnc2nccnc2c1=O. The third kappa shape index (κ3) is 1.74. The number of nitrogens with zero attached hydrogens (tertiary/aromatic N) is 4. The molecule has 0 saturated heterocycles. The highest BCUT2D eigenvalue weighted by Crippen LogP contribution is 1.96. The molecule has 2 heterocycles. The molecule has 0 saturated carbocycles. The highest BCUT2D eigenvalue weighted by molar-refractivity contribution is 5.70. The van der Waals surface area contributed by atoms with E-state index in [1.165, 1.54) is 25.8 Å². The van der Waals surface area contributed by atoms with Gasteiger partial charge in [-0.1, -0.05) is 0 Å². The lowest BCUT2D eigenvalue weighted by Crippen LogP contribution is -2.25. The van der Waals surface area contributed by atoms with Crippen molar-refractivity contribution in [2.24, 2.45) is 0 Å². The summed E-state index contributed by atoms with van der Waals surface area (Å²) in [6.07, 6.45) is 4.09. The number of esters is 1. The molecule has 0 radical (unpaired) electrons. The van der Waals surface area contributed by atoms with Gasteiger partial charge in [-0.3, -0.25) is 14.2 Å². The van der Waals surface area contributed by atoms with Gasteiger partial charge in [0.1, 0.15) is 12.9 Å². The summed E-state index contributed by atoms with van der Waals surface area (Å²) < 4.78 is 5.59. The quantitative estimate of drug-likeness (QED) is 0.625. The second-order valence-electron chi connectivity index (χ2n) is 2.98. The summed E-state index contributed by atoms with van der Waals surface area (Å²) in [6.45, 7) is -0.186. The molecule has 0 aliphatic rings. The zero-order valence-corrected chi connectivity index (χ0v) is 8.45. The van der Waals surface area contributed by atoms with E-state index in [0.717, 1.165) is 4.57 Å². The first kappa shape index (κ1) is 10.2. The number of hydrogen-bond donors (Lipinski definition) is 0. The van der Waals surface area contributed by atoms with Gasteiger partial charge in [-0.2, -0.15) is 0 Å². The lowest BCUT2D eigenvalue weighted by molar-refractivity contribution is -0.141. The molecular weight excluding hydrogens is 212 g/mol. The van der Waals surface area contributed by atoms with Crippen LogP contribution in [-0.4, -0.2) is 32.6 Å². The Morgan fingerprint density at radius 2 is 2.12 bits per heavy atom. The maximum atomic E-state index is 11.8. The minimum atomic E-state index is -0.521. The van der Waals surface area contributed by atoms with E-state index in [4.69, 9.17) is 0 Å². The predicted molar refractivity (Wildman–Crippen MR) is 53.6 cm³/mol. The van der Waals surface area contributed by atoms with Crippen LogP contribution in [0.15, 0.2) is 23.5 Å². The number of carbonyl (C=O) groups excluding carboxylic acids is 1. The van der Waals surface area contributed by atoms with E-state index in [2.05, 4.69) is 19.7 Å². The van der Waals surface area contributed by atoms with Crippen LogP contribution in [0.1, 0.15) is 0 Å². The van der Waals surface area contributed by atoms with Crippen LogP contribution in [0.3, 0.4) is 0 Å². The van der Waals surface area contributed by atoms with E-state index >= 15 is 0 Å². The molecule has 0 aromatic carbocycles. The van der Waals surface area contributed by atoms with Gasteiger partial charge in [0.25, 0.3) is 5.56 Å². The van der Waals surface area contributed by atoms with Crippen LogP contribution in [0.2, 0.25) is 0 Å². The molecule has 16 heavy (non-hydrogen) atoms. The number of hydrogen-bond acceptors (Lipinski definition) is 6. The molecule has 0 bridgehead atoms. The molecule has 0 N–H and O–H groups in total. The van der Waals surface area contributed by atoms with Crippen molar-refractivity contribution in [1.82, 2.24) is 19.5 Å². The van der Waals surface area contributed by atoms with Crippen molar-refractivity contribution in [2.45, 2.75) is 6.54 Å². The normalized spacial score (nSPS) is 10.3. The Labute approximate surface area is 89.7 Å². The predicted octanol–water partition coefficient (Wildman–Crippen LogP) is -0.641. The van der Waals surface area contributed by atoms with Crippen molar-refractivity contribution in [3.8, 4) is 0 Å². The largest absolute Gasteiger partial charge is 0.468 e. The fraction of sp³-hybridized carbons (Fsp3) is 0.222. The summed E-state index contributed by atoms with van der Waals surface area (Å²) in [7, 11) is 1.25. The molecule has 82 valence electrons. The molecule has 2 aromatic rings. The van der Waals surface area contributed by atoms with Gasteiger partial charge in [0, 0.05) is 12.4 Å². The molecule has 0 fully saturated rings. The van der Waals surface area contributed by atoms with Gasteiger partial charge in [-0.05, 0) is 0 Å². The lowest BCUT2D eigenvalue weighted by Gasteiger charge is -2.03. The van der Waals surface area contributed by atoms with E-state index in [1.54, 1.807) is 0 Å². The Kier molecular flexibility index (Phi) is 2.59. The Balaban J connectivity index is 2.53. The molecule has 7 heteroatoms. The Hall–Kier alpha value is -2.31. The first-order chi connectivity index (χ1) is 7.72. The summed E-state index contributed by atoms with van der Waals surface area (Å²) >= 11 is 0. The maximum Gasteiger partial charge on any atom is 0.325 e. The number of fused-ring (bicyclic) bond motifs is 1. The average molecular weight is 220 g/mol. The fourth-order valence-electron chi connectivity index (χ4n) is 1.21. The average Bonchev–Trinajstić information content (AvgIpc) is 2.33. The van der Waals surface area contributed by atoms with Crippen LogP contribution in [0.4, 0.5) is 0 Å². The third-order valence-electron chi connectivity index (χ3n) is 1.99. The molecule has 7 nitrogen and oxygen atoms in total. The van der Waals surface area contributed by atoms with E-state index < -0.39 is 11.5 Å². The van der Waals surface area contributed by atoms with Gasteiger partial charge in [0.15, 0.2) is 11.2 Å². The van der Waals surface area contributed by atoms with Gasteiger partial charge < -0.3 is 4.74 Å². The van der Waals surface area contributed by atoms with Crippen LogP contribution in [0, 0.1) is 0 Å². The first-order valence-electron chi connectivity index (χ1n) is 4.45. The summed E-state index contributed by atoms with van der Waals surface area (Å²) in [6, 6.07) is 0. The Bertz CT molecular complexity index is 593. The number of methoxy groups -OCH3 is 1. The van der Waals surface area contributed by atoms with Gasteiger partial charge >= 0.3 is 5.97 Å². The van der Waals surface area contributed by atoms with Crippen LogP contribution in [0.25, 0.3) is 11.2 Å². The Morgan fingerprint density at radius 3 is 2.88 bits per heavy atom. The van der Waals surface area contributed by atoms with Gasteiger partial charge in [0.05, 0.1) is 7.11 Å². The molecule has 0 atom stereocenters. The lowest BCUT2D eigenvalue weighted by atomic mass is 10.5. The second-order valence-corrected chi connectivity index (χ2v) is 2.98. The molecule has 0 unspecified atom stereocenters. The molecular formula is C9H8N4O3. The molecule has 0 aliphatic heterocycles. The number of aromatic nitrogens is 4. The van der Waals surface area contributed by atoms with Crippen LogP contribution in [-0.2, 0) is 16.1 Å². The fourth-order valence-corrected chi connectivity index (χ4v) is 1.21. The zero-order valence-electron chi connectivity index (χ0n) is 8.45. The zero-order chi connectivity index (χ0) is 11.5.